The summed E-state index contributed by atoms with van der Waals surface area (Å²) < 4.78 is 0. The van der Waals surface area contributed by atoms with Crippen LogP contribution in [0.3, 0.4) is 0 Å². The fourth-order valence-electron chi connectivity index (χ4n) is 0.917. The Morgan fingerprint density at radius 1 is 1.14 bits per heavy atom. The SMILES string of the molecule is NCCC[C@H](N)C(=O)C(=O)[C@@H](N)CS. The number of hydrogen-bond acceptors (Lipinski definition) is 6. The Morgan fingerprint density at radius 3 is 2.07 bits per heavy atom. The van der Waals surface area contributed by atoms with Crippen molar-refractivity contribution in [1.29, 1.82) is 0 Å². The van der Waals surface area contributed by atoms with E-state index < -0.39 is 23.7 Å². The molecule has 0 spiro atoms. The van der Waals surface area contributed by atoms with E-state index in [4.69, 9.17) is 17.2 Å². The Morgan fingerprint density at radius 2 is 1.64 bits per heavy atom. The molecule has 0 saturated heterocycles. The van der Waals surface area contributed by atoms with Gasteiger partial charge in [-0.2, -0.15) is 12.6 Å². The first kappa shape index (κ1) is 13.6. The molecule has 0 rings (SSSR count). The lowest BCUT2D eigenvalue weighted by molar-refractivity contribution is -0.137. The molecule has 0 radical (unpaired) electrons. The van der Waals surface area contributed by atoms with E-state index in [-0.39, 0.29) is 5.75 Å². The zero-order chi connectivity index (χ0) is 11.1. The van der Waals surface area contributed by atoms with Crippen LogP contribution in [0.1, 0.15) is 12.8 Å². The Labute approximate surface area is 88.8 Å². The Bertz CT molecular complexity index is 211. The van der Waals surface area contributed by atoms with Gasteiger partial charge in [0.05, 0.1) is 12.1 Å². The number of ketones is 2. The molecular weight excluding hydrogens is 202 g/mol. The minimum Gasteiger partial charge on any atom is -0.330 e. The third-order valence-electron chi connectivity index (χ3n) is 1.83. The van der Waals surface area contributed by atoms with Gasteiger partial charge in [-0.1, -0.05) is 0 Å². The summed E-state index contributed by atoms with van der Waals surface area (Å²) in [7, 11) is 0. The highest BCUT2D eigenvalue weighted by atomic mass is 32.1. The molecule has 0 aliphatic heterocycles. The molecule has 0 aromatic rings. The van der Waals surface area contributed by atoms with Crippen molar-refractivity contribution >= 4 is 24.2 Å². The van der Waals surface area contributed by atoms with Crippen molar-refractivity contribution in [2.24, 2.45) is 17.2 Å². The summed E-state index contributed by atoms with van der Waals surface area (Å²) in [5.41, 5.74) is 16.1. The van der Waals surface area contributed by atoms with Crippen molar-refractivity contribution in [3.63, 3.8) is 0 Å². The van der Waals surface area contributed by atoms with Crippen molar-refractivity contribution in [3.8, 4) is 0 Å². The van der Waals surface area contributed by atoms with E-state index >= 15 is 0 Å². The van der Waals surface area contributed by atoms with Crippen LogP contribution < -0.4 is 17.2 Å². The van der Waals surface area contributed by atoms with Crippen molar-refractivity contribution in [3.05, 3.63) is 0 Å². The predicted octanol–water partition coefficient (Wildman–Crippen LogP) is -1.55. The topological polar surface area (TPSA) is 112 Å². The summed E-state index contributed by atoms with van der Waals surface area (Å²) in [5.74, 6) is -1.13. The second kappa shape index (κ2) is 6.94. The van der Waals surface area contributed by atoms with Crippen LogP contribution >= 0.6 is 12.6 Å². The van der Waals surface area contributed by atoms with Gasteiger partial charge in [-0.05, 0) is 19.4 Å². The smallest absolute Gasteiger partial charge is 0.217 e. The van der Waals surface area contributed by atoms with E-state index in [2.05, 4.69) is 12.6 Å². The van der Waals surface area contributed by atoms with Crippen molar-refractivity contribution in [1.82, 2.24) is 0 Å². The van der Waals surface area contributed by atoms with Crippen molar-refractivity contribution in [2.45, 2.75) is 24.9 Å². The highest BCUT2D eigenvalue weighted by Gasteiger charge is 2.25. The summed E-state index contributed by atoms with van der Waals surface area (Å²) in [6.45, 7) is 0.452. The van der Waals surface area contributed by atoms with Crippen molar-refractivity contribution in [2.75, 3.05) is 12.3 Å². The molecule has 6 heteroatoms. The first-order valence-electron chi connectivity index (χ1n) is 4.44. The fraction of sp³-hybridized carbons (Fsp3) is 0.750. The van der Waals surface area contributed by atoms with E-state index in [1.807, 2.05) is 0 Å². The molecule has 0 unspecified atom stereocenters. The Kier molecular flexibility index (Phi) is 6.73. The van der Waals surface area contributed by atoms with Gasteiger partial charge in [0, 0.05) is 5.75 Å². The third-order valence-corrected chi connectivity index (χ3v) is 2.23. The number of carbonyl (C=O) groups excluding carboxylic acids is 2. The summed E-state index contributed by atoms with van der Waals surface area (Å²) >= 11 is 3.83. The second-order valence-corrected chi connectivity index (χ2v) is 3.42. The predicted molar refractivity (Wildman–Crippen MR) is 58.1 cm³/mol. The molecular formula is C8H17N3O2S. The average molecular weight is 219 g/mol. The highest BCUT2D eigenvalue weighted by molar-refractivity contribution is 7.80. The average Bonchev–Trinajstić information content (AvgIpc) is 2.22. The molecule has 0 aromatic heterocycles. The zero-order valence-electron chi connectivity index (χ0n) is 7.98. The van der Waals surface area contributed by atoms with Crippen LogP contribution in [0.5, 0.6) is 0 Å². The molecule has 0 heterocycles. The Balaban J connectivity index is 4.10. The normalized spacial score (nSPS) is 14.9. The molecule has 2 atom stereocenters. The first-order valence-corrected chi connectivity index (χ1v) is 5.08. The lowest BCUT2D eigenvalue weighted by atomic mass is 10.0. The van der Waals surface area contributed by atoms with Gasteiger partial charge >= 0.3 is 0 Å². The van der Waals surface area contributed by atoms with E-state index in [1.165, 1.54) is 0 Å². The molecule has 82 valence electrons. The second-order valence-electron chi connectivity index (χ2n) is 3.05. The van der Waals surface area contributed by atoms with Gasteiger partial charge in [0.1, 0.15) is 0 Å². The van der Waals surface area contributed by atoms with E-state index in [0.717, 1.165) is 0 Å². The number of carbonyl (C=O) groups is 2. The quantitative estimate of drug-likeness (QED) is 0.306. The number of hydrogen-bond donors (Lipinski definition) is 4. The third kappa shape index (κ3) is 4.19. The van der Waals surface area contributed by atoms with Gasteiger partial charge in [0.15, 0.2) is 0 Å². The molecule has 0 saturated carbocycles. The number of rotatable bonds is 7. The van der Waals surface area contributed by atoms with Crippen molar-refractivity contribution < 1.29 is 9.59 Å². The van der Waals surface area contributed by atoms with Crippen LogP contribution in [0.4, 0.5) is 0 Å². The van der Waals surface area contributed by atoms with E-state index in [9.17, 15) is 9.59 Å². The molecule has 0 aliphatic carbocycles. The van der Waals surface area contributed by atoms with Gasteiger partial charge in [0.25, 0.3) is 0 Å². The van der Waals surface area contributed by atoms with Gasteiger partial charge in [0.2, 0.25) is 11.6 Å². The molecule has 0 fully saturated rings. The van der Waals surface area contributed by atoms with Crippen LogP contribution in [0.15, 0.2) is 0 Å². The largest absolute Gasteiger partial charge is 0.330 e. The lowest BCUT2D eigenvalue weighted by Gasteiger charge is -2.11. The lowest BCUT2D eigenvalue weighted by Crippen LogP contribution is -2.45. The summed E-state index contributed by atoms with van der Waals surface area (Å²) in [5, 5.41) is 0. The van der Waals surface area contributed by atoms with Gasteiger partial charge in [-0.15, -0.1) is 0 Å². The number of Topliss-reactive ketones (excluding diaryl/α,β-unsaturated/α-hetero) is 2. The molecule has 6 N–H and O–H groups in total. The molecule has 0 aromatic carbocycles. The number of nitrogens with two attached hydrogens (primary N) is 3. The molecule has 0 bridgehead atoms. The van der Waals surface area contributed by atoms with Crippen LogP contribution in [0.25, 0.3) is 0 Å². The minimum absolute atomic E-state index is 0.147. The van der Waals surface area contributed by atoms with Gasteiger partial charge in [-0.25, -0.2) is 0 Å². The summed E-state index contributed by atoms with van der Waals surface area (Å²) in [6, 6.07) is -1.63. The van der Waals surface area contributed by atoms with Gasteiger partial charge < -0.3 is 17.2 Å². The standard InChI is InChI=1S/C8H17N3O2S/c9-3-1-2-5(10)7(12)8(13)6(11)4-14/h5-6,14H,1-4,9-11H2/t5-,6-/m0/s1. The van der Waals surface area contributed by atoms with Crippen LogP contribution in [0, 0.1) is 0 Å². The highest BCUT2D eigenvalue weighted by Crippen LogP contribution is 1.98. The van der Waals surface area contributed by atoms with Crippen LogP contribution in [0.2, 0.25) is 0 Å². The van der Waals surface area contributed by atoms with Crippen LogP contribution in [-0.4, -0.2) is 35.9 Å². The number of thiol groups is 1. The zero-order valence-corrected chi connectivity index (χ0v) is 8.87. The van der Waals surface area contributed by atoms with Gasteiger partial charge in [-0.3, -0.25) is 9.59 Å². The monoisotopic (exact) mass is 219 g/mol. The molecule has 14 heavy (non-hydrogen) atoms. The maximum absolute atomic E-state index is 11.3. The molecule has 5 nitrogen and oxygen atoms in total. The summed E-state index contributed by atoms with van der Waals surface area (Å²) in [4.78, 5) is 22.6. The maximum atomic E-state index is 11.3. The van der Waals surface area contributed by atoms with E-state index in [1.54, 1.807) is 0 Å². The first-order chi connectivity index (χ1) is 6.54. The van der Waals surface area contributed by atoms with E-state index in [0.29, 0.717) is 19.4 Å². The Hall–Kier alpha value is -0.430. The molecule has 0 amide bonds. The minimum atomic E-state index is -0.852. The molecule has 0 aliphatic rings. The fourth-order valence-corrected chi connectivity index (χ4v) is 1.08. The maximum Gasteiger partial charge on any atom is 0.217 e. The summed E-state index contributed by atoms with van der Waals surface area (Å²) in [6.07, 6.45) is 1.04. The van der Waals surface area contributed by atoms with Crippen LogP contribution in [-0.2, 0) is 9.59 Å².